The number of hydroxylamine groups is 4. The van der Waals surface area contributed by atoms with Crippen LogP contribution in [0.3, 0.4) is 0 Å². The number of imide groups is 2. The molecular formula is C24H24N2O11S2. The van der Waals surface area contributed by atoms with Gasteiger partial charge in [-0.15, -0.1) is 18.7 Å². The number of amides is 4. The molecule has 0 N–H and O–H groups in total. The second-order valence-electron chi connectivity index (χ2n) is 8.71. The highest BCUT2D eigenvalue weighted by Gasteiger charge is 2.41. The molecule has 0 saturated heterocycles. The number of carbonyl (C=O) groups is 4. The van der Waals surface area contributed by atoms with Gasteiger partial charge in [-0.3, -0.25) is 19.2 Å². The normalized spacial score (nSPS) is 15.2. The van der Waals surface area contributed by atoms with Crippen molar-refractivity contribution < 1.29 is 49.3 Å². The van der Waals surface area contributed by atoms with Crippen LogP contribution in [0.15, 0.2) is 36.4 Å². The molecule has 2 aromatic rings. The third-order valence-corrected chi connectivity index (χ3v) is 8.08. The zero-order chi connectivity index (χ0) is 28.5. The molecule has 0 unspecified atom stereocenters. The van der Waals surface area contributed by atoms with Crippen molar-refractivity contribution in [3.05, 3.63) is 58.7 Å². The molecule has 13 nitrogen and oxygen atoms in total. The summed E-state index contributed by atoms with van der Waals surface area (Å²) in [5, 5.41) is 0.366. The first-order valence-corrected chi connectivity index (χ1v) is 15.1. The second-order valence-corrected chi connectivity index (χ2v) is 12.1. The molecule has 0 spiro atoms. The molecule has 0 atom stereocenters. The van der Waals surface area contributed by atoms with Crippen LogP contribution in [-0.2, 0) is 28.8 Å². The highest BCUT2D eigenvalue weighted by atomic mass is 32.2. The predicted molar refractivity (Wildman–Crippen MR) is 134 cm³/mol. The van der Waals surface area contributed by atoms with Gasteiger partial charge in [0.1, 0.15) is 11.5 Å². The van der Waals surface area contributed by atoms with Crippen molar-refractivity contribution in [2.75, 3.05) is 11.5 Å². The standard InChI is InChI=1S/C24H24N2O11S2/c1-3-5-11-38(31,32)36-25-21(27)17-9-7-15(13-19(17)23(25)29)35-16-8-10-18-20(14-16)24(30)26(22(18)28)37-39(33,34)12-6-4-2/h7-10,13-14H,3-6,11-12H2,1-2H3. The minimum atomic E-state index is -4.16. The summed E-state index contributed by atoms with van der Waals surface area (Å²) in [5.74, 6) is -4.50. The van der Waals surface area contributed by atoms with Crippen LogP contribution in [0.4, 0.5) is 0 Å². The van der Waals surface area contributed by atoms with E-state index in [0.29, 0.717) is 12.8 Å². The van der Waals surface area contributed by atoms with E-state index in [4.69, 9.17) is 13.3 Å². The van der Waals surface area contributed by atoms with E-state index in [9.17, 15) is 36.0 Å². The number of hydrogen-bond acceptors (Lipinski definition) is 11. The molecule has 4 rings (SSSR count). The fourth-order valence-electron chi connectivity index (χ4n) is 3.74. The summed E-state index contributed by atoms with van der Waals surface area (Å²) in [4.78, 5) is 50.6. The van der Waals surface area contributed by atoms with Gasteiger partial charge in [0.2, 0.25) is 0 Å². The van der Waals surface area contributed by atoms with Crippen molar-refractivity contribution in [3.63, 3.8) is 0 Å². The highest BCUT2D eigenvalue weighted by molar-refractivity contribution is 7.86. The van der Waals surface area contributed by atoms with Crippen molar-refractivity contribution in [2.24, 2.45) is 0 Å². The summed E-state index contributed by atoms with van der Waals surface area (Å²) in [7, 11) is -8.33. The Hall–Kier alpha value is -3.66. The quantitative estimate of drug-likeness (QED) is 0.338. The SMILES string of the molecule is CCCCS(=O)(=O)ON1C(=O)c2ccc(Oc3ccc4c(c3)C(=O)N(OS(=O)(=O)CCCC)C4=O)cc2C1=O. The fourth-order valence-corrected chi connectivity index (χ4v) is 5.90. The minimum Gasteiger partial charge on any atom is -0.457 e. The number of carbonyl (C=O) groups excluding carboxylic acids is 4. The Morgan fingerprint density at radius 3 is 1.31 bits per heavy atom. The highest BCUT2D eigenvalue weighted by Crippen LogP contribution is 2.33. The summed E-state index contributed by atoms with van der Waals surface area (Å²) in [6, 6.07) is 7.60. The Balaban J connectivity index is 1.51. The van der Waals surface area contributed by atoms with Gasteiger partial charge in [-0.05, 0) is 49.2 Å². The van der Waals surface area contributed by atoms with E-state index >= 15 is 0 Å². The van der Waals surface area contributed by atoms with E-state index < -0.39 is 43.9 Å². The maximum Gasteiger partial charge on any atom is 0.288 e. The summed E-state index contributed by atoms with van der Waals surface area (Å²) >= 11 is 0. The molecule has 4 amide bonds. The zero-order valence-corrected chi connectivity index (χ0v) is 22.5. The van der Waals surface area contributed by atoms with Crippen LogP contribution in [0.5, 0.6) is 11.5 Å². The van der Waals surface area contributed by atoms with Crippen LogP contribution in [-0.4, -0.2) is 62.1 Å². The number of hydrogen-bond donors (Lipinski definition) is 0. The van der Waals surface area contributed by atoms with Gasteiger partial charge in [0.25, 0.3) is 43.9 Å². The van der Waals surface area contributed by atoms with Crippen molar-refractivity contribution in [1.29, 1.82) is 0 Å². The van der Waals surface area contributed by atoms with Crippen LogP contribution >= 0.6 is 0 Å². The molecule has 208 valence electrons. The number of unbranched alkanes of at least 4 members (excludes halogenated alkanes) is 2. The Kier molecular flexibility index (Phi) is 7.88. The van der Waals surface area contributed by atoms with Gasteiger partial charge >= 0.3 is 0 Å². The van der Waals surface area contributed by atoms with Gasteiger partial charge in [-0.2, -0.15) is 16.8 Å². The van der Waals surface area contributed by atoms with Gasteiger partial charge in [0.15, 0.2) is 0 Å². The van der Waals surface area contributed by atoms with Crippen LogP contribution in [0.1, 0.15) is 81.0 Å². The van der Waals surface area contributed by atoms with E-state index in [-0.39, 0.29) is 68.2 Å². The van der Waals surface area contributed by atoms with Gasteiger partial charge in [-0.25, -0.2) is 0 Å². The zero-order valence-electron chi connectivity index (χ0n) is 20.9. The van der Waals surface area contributed by atoms with Crippen molar-refractivity contribution >= 4 is 43.9 Å². The number of rotatable bonds is 12. The topological polar surface area (TPSA) is 171 Å². The Labute approximate surface area is 224 Å². The molecule has 0 bridgehead atoms. The van der Waals surface area contributed by atoms with Gasteiger partial charge in [0, 0.05) is 0 Å². The maximum absolute atomic E-state index is 12.7. The monoisotopic (exact) mass is 580 g/mol. The van der Waals surface area contributed by atoms with E-state index in [1.165, 1.54) is 36.4 Å². The maximum atomic E-state index is 12.7. The Bertz CT molecular complexity index is 1470. The first kappa shape index (κ1) is 28.4. The number of ether oxygens (including phenoxy) is 1. The summed E-state index contributed by atoms with van der Waals surface area (Å²) < 4.78 is 63.6. The molecule has 0 saturated carbocycles. The van der Waals surface area contributed by atoms with Crippen molar-refractivity contribution in [3.8, 4) is 11.5 Å². The van der Waals surface area contributed by atoms with Crippen molar-refractivity contribution in [1.82, 2.24) is 10.1 Å². The molecular weight excluding hydrogens is 556 g/mol. The molecule has 39 heavy (non-hydrogen) atoms. The third kappa shape index (κ3) is 5.85. The van der Waals surface area contributed by atoms with E-state index in [1.807, 2.05) is 0 Å². The molecule has 0 fully saturated rings. The smallest absolute Gasteiger partial charge is 0.288 e. The second kappa shape index (κ2) is 10.8. The molecule has 0 aromatic heterocycles. The van der Waals surface area contributed by atoms with Crippen LogP contribution in [0, 0.1) is 0 Å². The molecule has 2 heterocycles. The van der Waals surface area contributed by atoms with Gasteiger partial charge in [0.05, 0.1) is 33.8 Å². The molecule has 2 aromatic carbocycles. The molecule has 2 aliphatic heterocycles. The average Bonchev–Trinajstić information content (AvgIpc) is 3.25. The lowest BCUT2D eigenvalue weighted by atomic mass is 10.1. The van der Waals surface area contributed by atoms with Gasteiger partial charge in [-0.1, -0.05) is 26.7 Å². The Morgan fingerprint density at radius 2 is 0.949 bits per heavy atom. The average molecular weight is 581 g/mol. The van der Waals surface area contributed by atoms with Crippen molar-refractivity contribution in [2.45, 2.75) is 39.5 Å². The molecule has 0 aliphatic carbocycles. The minimum absolute atomic E-state index is 0.0533. The van der Waals surface area contributed by atoms with Crippen LogP contribution in [0.2, 0.25) is 0 Å². The Morgan fingerprint density at radius 1 is 0.590 bits per heavy atom. The largest absolute Gasteiger partial charge is 0.457 e. The van der Waals surface area contributed by atoms with Crippen LogP contribution in [0.25, 0.3) is 0 Å². The molecule has 0 radical (unpaired) electrons. The molecule has 15 heteroatoms. The molecule has 2 aliphatic rings. The van der Waals surface area contributed by atoms with Gasteiger partial charge < -0.3 is 4.74 Å². The lowest BCUT2D eigenvalue weighted by molar-refractivity contribution is -0.0107. The number of benzene rings is 2. The summed E-state index contributed by atoms with van der Waals surface area (Å²) in [6.45, 7) is 3.55. The van der Waals surface area contributed by atoms with E-state index in [1.54, 1.807) is 13.8 Å². The first-order chi connectivity index (χ1) is 18.4. The summed E-state index contributed by atoms with van der Waals surface area (Å²) in [6.07, 6.45) is 1.71. The van der Waals surface area contributed by atoms with E-state index in [0.717, 1.165) is 0 Å². The first-order valence-electron chi connectivity index (χ1n) is 12.0. The van der Waals surface area contributed by atoms with E-state index in [2.05, 4.69) is 0 Å². The lowest BCUT2D eigenvalue weighted by Crippen LogP contribution is -2.33. The fraction of sp³-hybridized carbons (Fsp3) is 0.333. The number of nitrogens with zero attached hydrogens (tertiary/aromatic N) is 2. The third-order valence-electron chi connectivity index (χ3n) is 5.75. The predicted octanol–water partition coefficient (Wildman–Crippen LogP) is 2.79. The number of fused-ring (bicyclic) bond motifs is 2. The summed E-state index contributed by atoms with van der Waals surface area (Å²) in [5.41, 5.74) is -0.505. The van der Waals surface area contributed by atoms with Crippen LogP contribution < -0.4 is 4.74 Å². The lowest BCUT2D eigenvalue weighted by Gasteiger charge is -2.12.